The van der Waals surface area contributed by atoms with E-state index in [0.717, 1.165) is 47.6 Å². The third kappa shape index (κ3) is 30.1. The molecule has 400 valence electrons. The van der Waals surface area contributed by atoms with Crippen molar-refractivity contribution in [2.45, 2.75) is 51.4 Å². The van der Waals surface area contributed by atoms with Crippen LogP contribution in [0, 0.1) is 0 Å². The highest BCUT2D eigenvalue weighted by atomic mass is 31.2. The van der Waals surface area contributed by atoms with E-state index in [2.05, 4.69) is 31.1 Å². The number of nitrogens with one attached hydrogen (secondary N) is 5. The van der Waals surface area contributed by atoms with Gasteiger partial charge in [0.15, 0.2) is 0 Å². The minimum atomic E-state index is -4.01. The molecule has 0 saturated heterocycles. The van der Waals surface area contributed by atoms with Crippen molar-refractivity contribution in [2.75, 3.05) is 139 Å². The first-order chi connectivity index (χ1) is 34.1. The highest BCUT2D eigenvalue weighted by Crippen LogP contribution is 2.41. The lowest BCUT2D eigenvalue weighted by molar-refractivity contribution is -0.139. The lowest BCUT2D eigenvalue weighted by Gasteiger charge is -2.23. The molecule has 2 rings (SSSR count). The van der Waals surface area contributed by atoms with Crippen molar-refractivity contribution in [1.82, 2.24) is 41.3 Å². The van der Waals surface area contributed by atoms with Crippen molar-refractivity contribution in [3.8, 4) is 0 Å². The van der Waals surface area contributed by atoms with Crippen LogP contribution < -0.4 is 26.6 Å². The molecule has 27 nitrogen and oxygen atoms in total. The van der Waals surface area contributed by atoms with Gasteiger partial charge in [0.25, 0.3) is 23.6 Å². The Hall–Kier alpha value is -5.51. The van der Waals surface area contributed by atoms with Crippen LogP contribution in [0.1, 0.15) is 51.4 Å². The van der Waals surface area contributed by atoms with Gasteiger partial charge < -0.3 is 60.1 Å². The monoisotopic (exact) mass is 1030 g/mol. The van der Waals surface area contributed by atoms with Crippen molar-refractivity contribution in [1.29, 1.82) is 0 Å². The molecule has 2 heterocycles. The zero-order valence-corrected chi connectivity index (χ0v) is 41.1. The molecule has 0 aromatic rings. The van der Waals surface area contributed by atoms with E-state index in [-0.39, 0.29) is 168 Å². The third-order valence-corrected chi connectivity index (χ3v) is 10.8. The Kier molecular flexibility index (Phi) is 32.4. The second kappa shape index (κ2) is 37.3. The Labute approximate surface area is 411 Å². The fourth-order valence-corrected chi connectivity index (χ4v) is 6.48. The summed E-state index contributed by atoms with van der Waals surface area (Å²) in [6, 6.07) is 0. The predicted octanol–water partition coefficient (Wildman–Crippen LogP) is -2.79. The molecule has 28 heteroatoms. The molecule has 2 aliphatic rings. The lowest BCUT2D eigenvalue weighted by Crippen LogP contribution is -2.44. The van der Waals surface area contributed by atoms with Gasteiger partial charge in [0.2, 0.25) is 35.4 Å². The average Bonchev–Trinajstić information content (AvgIpc) is 3.84. The SMILES string of the molecule is COP(=O)(O)OCCCCCCNC(=O)COCC(=O)N(CCNC(=O)CCOCCOCCNC(=O)CCN1C(=O)C=CC1=O)CCNC(=O)CCOCCOCCNC(=O)CCN1C(=O)C=CC1=O. The van der Waals surface area contributed by atoms with E-state index >= 15 is 0 Å². The van der Waals surface area contributed by atoms with E-state index in [0.29, 0.717) is 25.8 Å². The standard InChI is InChI=1S/C43H69N8O19P/c1-64-71(62,63)70-23-5-3-2-4-14-44-38(56)32-69-33-43(61)49(21-15-45-36(54)12-24-65-28-30-67-26-17-47-34(52)10-19-50-39(57)6-7-40(50)58)22-16-46-37(55)13-25-66-29-31-68-27-18-48-35(53)11-20-51-41(59)8-9-42(51)60/h6-9H,2-5,10-33H2,1H3,(H,44,56)(H,45,54)(H,46,55)(H,47,52)(H,48,53)(H,62,63). The molecule has 0 spiro atoms. The molecule has 0 saturated carbocycles. The third-order valence-electron chi connectivity index (χ3n) is 9.85. The Balaban J connectivity index is 1.61. The zero-order valence-electron chi connectivity index (χ0n) is 40.2. The molecular weight excluding hydrogens is 963 g/mol. The minimum Gasteiger partial charge on any atom is -0.379 e. The van der Waals surface area contributed by atoms with Crippen LogP contribution in [-0.2, 0) is 85.2 Å². The Bertz CT molecular complexity index is 1720. The maximum Gasteiger partial charge on any atom is 0.471 e. The number of carbonyl (C=O) groups is 10. The number of hydrogen-bond donors (Lipinski definition) is 6. The van der Waals surface area contributed by atoms with Crippen LogP contribution >= 0.6 is 7.82 Å². The first-order valence-corrected chi connectivity index (χ1v) is 24.7. The maximum absolute atomic E-state index is 13.1. The van der Waals surface area contributed by atoms with Crippen LogP contribution in [0.2, 0.25) is 0 Å². The highest BCUT2D eigenvalue weighted by Gasteiger charge is 2.25. The number of unbranched alkanes of at least 4 members (excludes halogenated alkanes) is 3. The molecule has 1 unspecified atom stereocenters. The highest BCUT2D eigenvalue weighted by molar-refractivity contribution is 7.47. The summed E-state index contributed by atoms with van der Waals surface area (Å²) in [5, 5.41) is 13.4. The Morgan fingerprint density at radius 2 is 0.901 bits per heavy atom. The quantitative estimate of drug-likeness (QED) is 0.0204. The molecular formula is C43H69N8O19P. The molecule has 2 aliphatic heterocycles. The molecule has 0 aliphatic carbocycles. The topological polar surface area (TPSA) is 342 Å². The van der Waals surface area contributed by atoms with Gasteiger partial charge in [-0.15, -0.1) is 0 Å². The van der Waals surface area contributed by atoms with E-state index < -0.39 is 49.9 Å². The molecule has 0 aromatic heterocycles. The summed E-state index contributed by atoms with van der Waals surface area (Å²) in [4.78, 5) is 133. The molecule has 10 amide bonds. The summed E-state index contributed by atoms with van der Waals surface area (Å²) in [5.74, 6) is -4.12. The summed E-state index contributed by atoms with van der Waals surface area (Å²) >= 11 is 0. The lowest BCUT2D eigenvalue weighted by atomic mass is 10.2. The zero-order chi connectivity index (χ0) is 52.1. The van der Waals surface area contributed by atoms with Gasteiger partial charge in [-0.3, -0.25) is 66.8 Å². The van der Waals surface area contributed by atoms with Crippen molar-refractivity contribution < 1.29 is 90.1 Å². The van der Waals surface area contributed by atoms with E-state index in [1.165, 1.54) is 4.90 Å². The van der Waals surface area contributed by atoms with Gasteiger partial charge in [0, 0.05) is 116 Å². The van der Waals surface area contributed by atoms with Gasteiger partial charge in [0.05, 0.1) is 59.5 Å². The minimum absolute atomic E-state index is 0.0176. The van der Waals surface area contributed by atoms with Crippen LogP contribution in [0.15, 0.2) is 24.3 Å². The van der Waals surface area contributed by atoms with Gasteiger partial charge in [0.1, 0.15) is 13.2 Å². The number of ether oxygens (including phenoxy) is 5. The molecule has 1 atom stereocenters. The summed E-state index contributed by atoms with van der Waals surface area (Å²) in [7, 11) is -2.93. The fourth-order valence-electron chi connectivity index (χ4n) is 6.02. The van der Waals surface area contributed by atoms with E-state index in [1.54, 1.807) is 0 Å². The number of phosphoric acid groups is 1. The predicted molar refractivity (Wildman–Crippen MR) is 247 cm³/mol. The Morgan fingerprint density at radius 1 is 0.493 bits per heavy atom. The number of phosphoric ester groups is 1. The average molecular weight is 1030 g/mol. The largest absolute Gasteiger partial charge is 0.471 e. The molecule has 6 N–H and O–H groups in total. The van der Waals surface area contributed by atoms with Gasteiger partial charge in [-0.25, -0.2) is 4.57 Å². The molecule has 71 heavy (non-hydrogen) atoms. The summed E-state index contributed by atoms with van der Waals surface area (Å²) in [5.41, 5.74) is 0. The van der Waals surface area contributed by atoms with Crippen LogP contribution in [-0.4, -0.2) is 217 Å². The Morgan fingerprint density at radius 3 is 1.37 bits per heavy atom. The fraction of sp³-hybridized carbons (Fsp3) is 0.674. The first kappa shape index (κ1) is 61.6. The number of imide groups is 2. The second-order valence-electron chi connectivity index (χ2n) is 15.3. The summed E-state index contributed by atoms with van der Waals surface area (Å²) in [6.45, 7) is 1.54. The van der Waals surface area contributed by atoms with E-state index in [1.807, 2.05) is 0 Å². The van der Waals surface area contributed by atoms with Crippen LogP contribution in [0.3, 0.4) is 0 Å². The van der Waals surface area contributed by atoms with Crippen molar-refractivity contribution in [2.24, 2.45) is 0 Å². The van der Waals surface area contributed by atoms with E-state index in [9.17, 15) is 57.4 Å². The van der Waals surface area contributed by atoms with Crippen molar-refractivity contribution >= 4 is 66.9 Å². The van der Waals surface area contributed by atoms with Crippen LogP contribution in [0.5, 0.6) is 0 Å². The van der Waals surface area contributed by atoms with Crippen LogP contribution in [0.25, 0.3) is 0 Å². The van der Waals surface area contributed by atoms with Gasteiger partial charge in [-0.2, -0.15) is 0 Å². The molecule has 0 bridgehead atoms. The molecule has 0 radical (unpaired) electrons. The molecule has 0 aromatic carbocycles. The van der Waals surface area contributed by atoms with Crippen molar-refractivity contribution in [3.05, 3.63) is 24.3 Å². The van der Waals surface area contributed by atoms with Gasteiger partial charge in [-0.1, -0.05) is 12.8 Å². The second-order valence-corrected chi connectivity index (χ2v) is 16.9. The number of carbonyl (C=O) groups excluding carboxylic acids is 10. The van der Waals surface area contributed by atoms with Gasteiger partial charge >= 0.3 is 7.82 Å². The smallest absolute Gasteiger partial charge is 0.379 e. The number of rotatable bonds is 43. The summed E-state index contributed by atoms with van der Waals surface area (Å²) < 4.78 is 47.4. The van der Waals surface area contributed by atoms with Gasteiger partial charge in [-0.05, 0) is 12.8 Å². The number of hydrogen-bond acceptors (Lipinski definition) is 18. The maximum atomic E-state index is 13.1. The van der Waals surface area contributed by atoms with E-state index in [4.69, 9.17) is 28.2 Å². The molecule has 0 fully saturated rings. The normalized spacial score (nSPS) is 13.9. The first-order valence-electron chi connectivity index (χ1n) is 23.2. The number of nitrogens with zero attached hydrogens (tertiary/aromatic N) is 3. The van der Waals surface area contributed by atoms with Crippen LogP contribution in [0.4, 0.5) is 0 Å². The van der Waals surface area contributed by atoms with Crippen molar-refractivity contribution in [3.63, 3.8) is 0 Å². The summed E-state index contributed by atoms with van der Waals surface area (Å²) in [6.07, 6.45) is 7.15. The number of amides is 10.